The fourth-order valence-electron chi connectivity index (χ4n) is 3.01. The lowest BCUT2D eigenvalue weighted by molar-refractivity contribution is -0.120. The van der Waals surface area contributed by atoms with Crippen LogP contribution in [0.25, 0.3) is 0 Å². The van der Waals surface area contributed by atoms with Gasteiger partial charge >= 0.3 is 0 Å². The zero-order chi connectivity index (χ0) is 16.9. The number of sulfone groups is 1. The standard InChI is InChI=1S/C16H26N2O3S2/c1-18(2)15(13-7-9-22-12-13)11-17-16(19)8-10-23(20,21)14-5-3-4-6-14/h7,9,12,14-15H,3-6,8,10-11H2,1-2H3,(H,17,19)/t15-/m1/s1. The van der Waals surface area contributed by atoms with Gasteiger partial charge in [-0.1, -0.05) is 12.8 Å². The SMILES string of the molecule is CN(C)[C@H](CNC(=O)CCS(=O)(=O)C1CCCC1)c1ccsc1. The first-order valence-corrected chi connectivity index (χ1v) is 10.7. The molecule has 23 heavy (non-hydrogen) atoms. The number of nitrogens with one attached hydrogen (secondary N) is 1. The summed E-state index contributed by atoms with van der Waals surface area (Å²) in [6.07, 6.45) is 3.54. The van der Waals surface area contributed by atoms with Crippen molar-refractivity contribution in [2.24, 2.45) is 0 Å². The molecule has 7 heteroatoms. The largest absolute Gasteiger partial charge is 0.354 e. The summed E-state index contributed by atoms with van der Waals surface area (Å²) in [6.45, 7) is 0.492. The van der Waals surface area contributed by atoms with Crippen LogP contribution in [-0.4, -0.2) is 50.9 Å². The Kier molecular flexibility index (Phi) is 6.61. The average molecular weight is 359 g/mol. The molecule has 1 atom stereocenters. The van der Waals surface area contributed by atoms with Crippen LogP contribution in [0, 0.1) is 0 Å². The van der Waals surface area contributed by atoms with E-state index in [-0.39, 0.29) is 29.4 Å². The van der Waals surface area contributed by atoms with Gasteiger partial charge in [0, 0.05) is 13.0 Å². The Morgan fingerprint density at radius 1 is 1.39 bits per heavy atom. The second-order valence-corrected chi connectivity index (χ2v) is 9.54. The average Bonchev–Trinajstić information content (AvgIpc) is 3.18. The smallest absolute Gasteiger partial charge is 0.221 e. The zero-order valence-electron chi connectivity index (χ0n) is 13.8. The van der Waals surface area contributed by atoms with Gasteiger partial charge in [0.15, 0.2) is 9.84 Å². The van der Waals surface area contributed by atoms with Crippen molar-refractivity contribution in [1.82, 2.24) is 10.2 Å². The molecule has 1 amide bonds. The molecule has 1 N–H and O–H groups in total. The highest BCUT2D eigenvalue weighted by Gasteiger charge is 2.29. The van der Waals surface area contributed by atoms with Gasteiger partial charge in [-0.05, 0) is 49.3 Å². The monoisotopic (exact) mass is 358 g/mol. The van der Waals surface area contributed by atoms with E-state index in [1.807, 2.05) is 25.5 Å². The number of likely N-dealkylation sites (N-methyl/N-ethyl adjacent to an activating group) is 1. The number of carbonyl (C=O) groups is 1. The third-order valence-electron chi connectivity index (χ3n) is 4.47. The first-order valence-electron chi connectivity index (χ1n) is 8.07. The molecule has 1 aromatic rings. The van der Waals surface area contributed by atoms with Gasteiger partial charge in [-0.15, -0.1) is 0 Å². The molecule has 1 saturated carbocycles. The molecule has 0 aliphatic heterocycles. The van der Waals surface area contributed by atoms with E-state index in [9.17, 15) is 13.2 Å². The van der Waals surface area contributed by atoms with Gasteiger partial charge < -0.3 is 10.2 Å². The Bertz CT molecular complexity index is 591. The van der Waals surface area contributed by atoms with Crippen molar-refractivity contribution in [1.29, 1.82) is 0 Å². The summed E-state index contributed by atoms with van der Waals surface area (Å²) in [5.41, 5.74) is 1.17. The van der Waals surface area contributed by atoms with E-state index in [0.29, 0.717) is 6.54 Å². The van der Waals surface area contributed by atoms with Gasteiger partial charge in [-0.3, -0.25) is 4.79 Å². The second kappa shape index (κ2) is 8.26. The van der Waals surface area contributed by atoms with Crippen LogP contribution in [0.1, 0.15) is 43.7 Å². The summed E-state index contributed by atoms with van der Waals surface area (Å²) in [6, 6.07) is 2.16. The third kappa shape index (κ3) is 5.29. The normalized spacial score (nSPS) is 17.5. The van der Waals surface area contributed by atoms with Crippen molar-refractivity contribution >= 4 is 27.1 Å². The number of rotatable bonds is 8. The van der Waals surface area contributed by atoms with Crippen molar-refractivity contribution in [2.45, 2.75) is 43.4 Å². The van der Waals surface area contributed by atoms with E-state index >= 15 is 0 Å². The molecule has 1 aliphatic carbocycles. The maximum Gasteiger partial charge on any atom is 0.221 e. The van der Waals surface area contributed by atoms with Crippen LogP contribution < -0.4 is 5.32 Å². The quantitative estimate of drug-likeness (QED) is 0.774. The van der Waals surface area contributed by atoms with Gasteiger partial charge in [-0.25, -0.2) is 8.42 Å². The molecule has 5 nitrogen and oxygen atoms in total. The molecule has 0 radical (unpaired) electrons. The molecule has 0 saturated heterocycles. The fraction of sp³-hybridized carbons (Fsp3) is 0.688. The molecule has 0 unspecified atom stereocenters. The molecular weight excluding hydrogens is 332 g/mol. The van der Waals surface area contributed by atoms with E-state index in [2.05, 4.69) is 15.6 Å². The number of carbonyl (C=O) groups excluding carboxylic acids is 1. The summed E-state index contributed by atoms with van der Waals surface area (Å²) in [5, 5.41) is 6.74. The second-order valence-electron chi connectivity index (χ2n) is 6.36. The Hall–Kier alpha value is -0.920. The Labute approximate surface area is 143 Å². The summed E-state index contributed by atoms with van der Waals surface area (Å²) in [4.78, 5) is 14.1. The molecular formula is C16H26N2O3S2. The number of hydrogen-bond acceptors (Lipinski definition) is 5. The number of thiophene rings is 1. The molecule has 1 fully saturated rings. The van der Waals surface area contributed by atoms with E-state index < -0.39 is 9.84 Å². The molecule has 0 aromatic carbocycles. The zero-order valence-corrected chi connectivity index (χ0v) is 15.5. The molecule has 1 aromatic heterocycles. The van der Waals surface area contributed by atoms with E-state index in [0.717, 1.165) is 25.7 Å². The van der Waals surface area contributed by atoms with Crippen LogP contribution in [0.15, 0.2) is 16.8 Å². The topological polar surface area (TPSA) is 66.5 Å². The Balaban J connectivity index is 1.80. The number of amides is 1. The first-order chi connectivity index (χ1) is 10.9. The van der Waals surface area contributed by atoms with Crippen molar-refractivity contribution < 1.29 is 13.2 Å². The summed E-state index contributed by atoms with van der Waals surface area (Å²) in [5.74, 6) is -0.220. The first kappa shape index (κ1) is 18.4. The maximum absolute atomic E-state index is 12.2. The minimum atomic E-state index is -3.12. The van der Waals surface area contributed by atoms with Gasteiger partial charge in [0.2, 0.25) is 5.91 Å². The summed E-state index contributed by atoms with van der Waals surface area (Å²) >= 11 is 1.63. The van der Waals surface area contributed by atoms with E-state index in [4.69, 9.17) is 0 Å². The highest BCUT2D eigenvalue weighted by Crippen LogP contribution is 2.25. The third-order valence-corrected chi connectivity index (χ3v) is 7.43. The van der Waals surface area contributed by atoms with Crippen LogP contribution in [0.4, 0.5) is 0 Å². The summed E-state index contributed by atoms with van der Waals surface area (Å²) < 4.78 is 24.4. The molecule has 0 spiro atoms. The van der Waals surface area contributed by atoms with Gasteiger partial charge in [0.1, 0.15) is 0 Å². The molecule has 1 heterocycles. The van der Waals surface area contributed by atoms with Crippen LogP contribution in [-0.2, 0) is 14.6 Å². The highest BCUT2D eigenvalue weighted by atomic mass is 32.2. The lowest BCUT2D eigenvalue weighted by atomic mass is 10.1. The van der Waals surface area contributed by atoms with Gasteiger partial charge in [0.25, 0.3) is 0 Å². The van der Waals surface area contributed by atoms with Crippen LogP contribution in [0.3, 0.4) is 0 Å². The predicted molar refractivity (Wildman–Crippen MR) is 94.4 cm³/mol. The van der Waals surface area contributed by atoms with Crippen molar-refractivity contribution in [2.75, 3.05) is 26.4 Å². The Morgan fingerprint density at radius 2 is 2.09 bits per heavy atom. The van der Waals surface area contributed by atoms with Gasteiger partial charge in [0.05, 0.1) is 17.0 Å². The molecule has 0 bridgehead atoms. The maximum atomic E-state index is 12.2. The fourth-order valence-corrected chi connectivity index (χ4v) is 5.57. The number of hydrogen-bond donors (Lipinski definition) is 1. The predicted octanol–water partition coefficient (Wildman–Crippen LogP) is 2.21. The summed E-state index contributed by atoms with van der Waals surface area (Å²) in [7, 11) is 0.820. The minimum Gasteiger partial charge on any atom is -0.354 e. The van der Waals surface area contributed by atoms with E-state index in [1.54, 1.807) is 11.3 Å². The van der Waals surface area contributed by atoms with Crippen molar-refractivity contribution in [3.05, 3.63) is 22.4 Å². The van der Waals surface area contributed by atoms with Crippen LogP contribution in [0.2, 0.25) is 0 Å². The lowest BCUT2D eigenvalue weighted by Crippen LogP contribution is -2.35. The highest BCUT2D eigenvalue weighted by molar-refractivity contribution is 7.92. The molecule has 130 valence electrons. The molecule has 2 rings (SSSR count). The lowest BCUT2D eigenvalue weighted by Gasteiger charge is -2.24. The number of nitrogens with zero attached hydrogens (tertiary/aromatic N) is 1. The van der Waals surface area contributed by atoms with Gasteiger partial charge in [-0.2, -0.15) is 11.3 Å². The minimum absolute atomic E-state index is 0.0332. The molecule has 1 aliphatic rings. The van der Waals surface area contributed by atoms with E-state index in [1.165, 1.54) is 5.56 Å². The van der Waals surface area contributed by atoms with Crippen molar-refractivity contribution in [3.63, 3.8) is 0 Å². The Morgan fingerprint density at radius 3 is 2.65 bits per heavy atom. The van der Waals surface area contributed by atoms with Crippen LogP contribution >= 0.6 is 11.3 Å². The van der Waals surface area contributed by atoms with Crippen LogP contribution in [0.5, 0.6) is 0 Å². The van der Waals surface area contributed by atoms with Crippen molar-refractivity contribution in [3.8, 4) is 0 Å².